The quantitative estimate of drug-likeness (QED) is 0.687. The van der Waals surface area contributed by atoms with Crippen molar-refractivity contribution in [2.45, 2.75) is 24.8 Å². The van der Waals surface area contributed by atoms with Crippen LogP contribution in [0.3, 0.4) is 0 Å². The van der Waals surface area contributed by atoms with Crippen molar-refractivity contribution in [3.8, 4) is 0 Å². The first kappa shape index (κ1) is 16.9. The van der Waals surface area contributed by atoms with Crippen LogP contribution in [0, 0.1) is 5.92 Å². The van der Waals surface area contributed by atoms with Gasteiger partial charge in [0.2, 0.25) is 0 Å². The number of pyridine rings is 1. The molecule has 4 nitrogen and oxygen atoms in total. The van der Waals surface area contributed by atoms with Crippen LogP contribution in [0.5, 0.6) is 0 Å². The standard InChI is InChI=1S/C24H21N3O/c28-22-14-18(16-7-2-1-3-8-16)13-21-23(22)24(17-9-6-12-25-15-17)27-20-11-5-4-10-19(20)26-21/h1-12,15,18,23-24,27H,13-14H2/t18-,23?,24-/m1/s1. The Morgan fingerprint density at radius 2 is 1.64 bits per heavy atom. The number of para-hydroxylation sites is 2. The van der Waals surface area contributed by atoms with E-state index in [0.29, 0.717) is 6.42 Å². The lowest BCUT2D eigenvalue weighted by atomic mass is 9.72. The Morgan fingerprint density at radius 1 is 0.857 bits per heavy atom. The molecule has 0 radical (unpaired) electrons. The monoisotopic (exact) mass is 367 g/mol. The van der Waals surface area contributed by atoms with E-state index >= 15 is 0 Å². The van der Waals surface area contributed by atoms with E-state index in [-0.39, 0.29) is 23.7 Å². The molecule has 3 aromatic rings. The van der Waals surface area contributed by atoms with Crippen LogP contribution in [0.1, 0.15) is 35.9 Å². The summed E-state index contributed by atoms with van der Waals surface area (Å²) in [6, 6.07) is 22.1. The Labute approximate surface area is 164 Å². The molecule has 1 saturated carbocycles. The molecule has 2 aromatic carbocycles. The van der Waals surface area contributed by atoms with Crippen molar-refractivity contribution in [1.29, 1.82) is 0 Å². The number of hydrogen-bond acceptors (Lipinski definition) is 4. The van der Waals surface area contributed by atoms with E-state index in [4.69, 9.17) is 4.99 Å². The van der Waals surface area contributed by atoms with Crippen LogP contribution in [0.2, 0.25) is 0 Å². The fraction of sp³-hybridized carbons (Fsp3) is 0.208. The summed E-state index contributed by atoms with van der Waals surface area (Å²) in [5.41, 5.74) is 5.05. The predicted molar refractivity (Wildman–Crippen MR) is 111 cm³/mol. The maximum Gasteiger partial charge on any atom is 0.144 e. The molecule has 2 heterocycles. The second-order valence-electron chi connectivity index (χ2n) is 7.49. The highest BCUT2D eigenvalue weighted by atomic mass is 16.1. The van der Waals surface area contributed by atoms with E-state index in [9.17, 15) is 4.79 Å². The first-order chi connectivity index (χ1) is 13.8. The number of nitrogens with one attached hydrogen (secondary N) is 1. The zero-order chi connectivity index (χ0) is 18.9. The number of benzene rings is 2. The van der Waals surface area contributed by atoms with Gasteiger partial charge in [-0.2, -0.15) is 0 Å². The number of rotatable bonds is 2. The number of fused-ring (bicyclic) bond motifs is 2. The SMILES string of the molecule is O=C1C[C@H](c2ccccc2)CC2=Nc3ccccc3N[C@H](c3cccnc3)C12. The van der Waals surface area contributed by atoms with Gasteiger partial charge in [-0.05, 0) is 41.7 Å². The molecule has 1 aromatic heterocycles. The average Bonchev–Trinajstić information content (AvgIpc) is 2.92. The number of Topliss-reactive ketones (excluding diaryl/α,β-unsaturated/α-hetero) is 1. The molecule has 2 aliphatic rings. The van der Waals surface area contributed by atoms with Crippen molar-refractivity contribution < 1.29 is 4.79 Å². The number of aromatic nitrogens is 1. The van der Waals surface area contributed by atoms with Crippen LogP contribution in [-0.4, -0.2) is 16.5 Å². The number of carbonyl (C=O) groups is 1. The molecule has 138 valence electrons. The van der Waals surface area contributed by atoms with Gasteiger partial charge in [0.15, 0.2) is 0 Å². The normalized spacial score (nSPS) is 23.6. The molecule has 1 aliphatic carbocycles. The highest BCUT2D eigenvalue weighted by Gasteiger charge is 2.41. The van der Waals surface area contributed by atoms with Gasteiger partial charge >= 0.3 is 0 Å². The summed E-state index contributed by atoms with van der Waals surface area (Å²) in [6.45, 7) is 0. The van der Waals surface area contributed by atoms with Crippen LogP contribution in [-0.2, 0) is 4.79 Å². The van der Waals surface area contributed by atoms with Crippen LogP contribution < -0.4 is 5.32 Å². The molecule has 4 heteroatoms. The van der Waals surface area contributed by atoms with Gasteiger partial charge in [0.25, 0.3) is 0 Å². The van der Waals surface area contributed by atoms with Gasteiger partial charge in [0, 0.05) is 24.5 Å². The van der Waals surface area contributed by atoms with E-state index in [1.807, 2.05) is 60.8 Å². The van der Waals surface area contributed by atoms with E-state index in [1.165, 1.54) is 5.56 Å². The van der Waals surface area contributed by atoms with Crippen molar-refractivity contribution in [3.63, 3.8) is 0 Å². The Bertz CT molecular complexity index is 1030. The fourth-order valence-electron chi connectivity index (χ4n) is 4.40. The molecule has 0 spiro atoms. The summed E-state index contributed by atoms with van der Waals surface area (Å²) in [4.78, 5) is 22.6. The van der Waals surface area contributed by atoms with Crippen molar-refractivity contribution in [2.24, 2.45) is 10.9 Å². The van der Waals surface area contributed by atoms with Gasteiger partial charge in [0.1, 0.15) is 5.78 Å². The Kier molecular flexibility index (Phi) is 4.24. The molecule has 1 N–H and O–H groups in total. The molecular weight excluding hydrogens is 346 g/mol. The van der Waals surface area contributed by atoms with Crippen LogP contribution in [0.15, 0.2) is 84.1 Å². The van der Waals surface area contributed by atoms with Crippen molar-refractivity contribution in [1.82, 2.24) is 4.98 Å². The molecule has 5 rings (SSSR count). The van der Waals surface area contributed by atoms with E-state index in [2.05, 4.69) is 22.4 Å². The molecule has 0 bridgehead atoms. The summed E-state index contributed by atoms with van der Waals surface area (Å²) < 4.78 is 0. The van der Waals surface area contributed by atoms with Gasteiger partial charge in [-0.25, -0.2) is 0 Å². The lowest BCUT2D eigenvalue weighted by Gasteiger charge is -2.33. The van der Waals surface area contributed by atoms with E-state index in [1.54, 1.807) is 6.20 Å². The highest BCUT2D eigenvalue weighted by Crippen LogP contribution is 2.43. The van der Waals surface area contributed by atoms with Gasteiger partial charge in [-0.3, -0.25) is 14.8 Å². The minimum atomic E-state index is -0.267. The van der Waals surface area contributed by atoms with E-state index < -0.39 is 0 Å². The third-order valence-electron chi connectivity index (χ3n) is 5.74. The number of ketones is 1. The molecule has 0 amide bonds. The smallest absolute Gasteiger partial charge is 0.144 e. The summed E-state index contributed by atoms with van der Waals surface area (Å²) in [5.74, 6) is 0.160. The first-order valence-electron chi connectivity index (χ1n) is 9.70. The number of nitrogens with zero attached hydrogens (tertiary/aromatic N) is 2. The van der Waals surface area contributed by atoms with Crippen molar-refractivity contribution in [3.05, 3.63) is 90.3 Å². The number of hydrogen-bond donors (Lipinski definition) is 1. The molecule has 1 aliphatic heterocycles. The molecule has 28 heavy (non-hydrogen) atoms. The largest absolute Gasteiger partial charge is 0.375 e. The third-order valence-corrected chi connectivity index (χ3v) is 5.74. The maximum absolute atomic E-state index is 13.4. The number of carbonyl (C=O) groups excluding carboxylic acids is 1. The van der Waals surface area contributed by atoms with Crippen molar-refractivity contribution in [2.75, 3.05) is 5.32 Å². The zero-order valence-electron chi connectivity index (χ0n) is 15.5. The number of anilines is 1. The van der Waals surface area contributed by atoms with Gasteiger partial charge in [-0.1, -0.05) is 48.5 Å². The Hall–Kier alpha value is -3.27. The summed E-state index contributed by atoms with van der Waals surface area (Å²) >= 11 is 0. The Balaban J connectivity index is 1.60. The second kappa shape index (κ2) is 7.04. The topological polar surface area (TPSA) is 54.4 Å². The summed E-state index contributed by atoms with van der Waals surface area (Å²) in [7, 11) is 0. The summed E-state index contributed by atoms with van der Waals surface area (Å²) in [6.07, 6.45) is 4.95. The van der Waals surface area contributed by atoms with Crippen LogP contribution in [0.4, 0.5) is 11.4 Å². The average molecular weight is 367 g/mol. The van der Waals surface area contributed by atoms with Crippen molar-refractivity contribution >= 4 is 22.9 Å². The first-order valence-corrected chi connectivity index (χ1v) is 9.70. The summed E-state index contributed by atoms with van der Waals surface area (Å²) in [5, 5.41) is 3.58. The lowest BCUT2D eigenvalue weighted by molar-refractivity contribution is -0.122. The number of aliphatic imine (C=N–C) groups is 1. The zero-order valence-corrected chi connectivity index (χ0v) is 15.5. The van der Waals surface area contributed by atoms with Gasteiger partial charge < -0.3 is 5.32 Å². The predicted octanol–water partition coefficient (Wildman–Crippen LogP) is 5.08. The Morgan fingerprint density at radius 3 is 2.46 bits per heavy atom. The molecule has 3 atom stereocenters. The molecule has 1 fully saturated rings. The maximum atomic E-state index is 13.4. The van der Waals surface area contributed by atoms with Crippen LogP contribution >= 0.6 is 0 Å². The van der Waals surface area contributed by atoms with Gasteiger partial charge in [-0.15, -0.1) is 0 Å². The lowest BCUT2D eigenvalue weighted by Crippen LogP contribution is -2.38. The van der Waals surface area contributed by atoms with Gasteiger partial charge in [0.05, 0.1) is 23.3 Å². The van der Waals surface area contributed by atoms with Crippen LogP contribution in [0.25, 0.3) is 0 Å². The minimum Gasteiger partial charge on any atom is -0.375 e. The molecule has 1 unspecified atom stereocenters. The fourth-order valence-corrected chi connectivity index (χ4v) is 4.40. The second-order valence-corrected chi connectivity index (χ2v) is 7.49. The third kappa shape index (κ3) is 3.01. The molecular formula is C24H21N3O. The highest BCUT2D eigenvalue weighted by molar-refractivity contribution is 6.10. The molecule has 0 saturated heterocycles. The van der Waals surface area contributed by atoms with E-state index in [0.717, 1.165) is 29.1 Å². The minimum absolute atomic E-state index is 0.152.